The van der Waals surface area contributed by atoms with Gasteiger partial charge in [0.2, 0.25) is 0 Å². The van der Waals surface area contributed by atoms with Crippen LogP contribution in [-0.4, -0.2) is 29.6 Å². The van der Waals surface area contributed by atoms with E-state index in [0.29, 0.717) is 27.1 Å². The Hall–Kier alpha value is -3.92. The number of alkyl halides is 3. The molecule has 0 atom stereocenters. The van der Waals surface area contributed by atoms with Gasteiger partial charge < -0.3 is 9.47 Å². The molecule has 0 unspecified atom stereocenters. The third-order valence-corrected chi connectivity index (χ3v) is 5.71. The van der Waals surface area contributed by atoms with Gasteiger partial charge in [-0.2, -0.15) is 22.9 Å². The first-order valence-corrected chi connectivity index (χ1v) is 11.4. The van der Waals surface area contributed by atoms with Crippen molar-refractivity contribution in [1.29, 1.82) is 0 Å². The van der Waals surface area contributed by atoms with Gasteiger partial charge in [-0.1, -0.05) is 36.9 Å². The second kappa shape index (κ2) is 10.4. The number of nitrogens with zero attached hydrogens (tertiary/aromatic N) is 3. The predicted molar refractivity (Wildman–Crippen MR) is 136 cm³/mol. The third kappa shape index (κ3) is 5.18. The maximum Gasteiger partial charge on any atom is 0.416 e. The van der Waals surface area contributed by atoms with Gasteiger partial charge in [0.15, 0.2) is 17.3 Å². The molecule has 0 aliphatic rings. The Morgan fingerprint density at radius 3 is 2.64 bits per heavy atom. The first-order valence-electron chi connectivity index (χ1n) is 10.6. The standard InChI is InChI=1S/C26H19BrF3N3O3/c1-3-11-36-23-20(27)12-16(13-22(23)35-2)15-31-33-24(17-7-6-8-18(14-17)26(28,29)30)32-21-10-5-4-9-19(21)25(33)34/h3-10,12-15H,1,11H2,2H3. The minimum Gasteiger partial charge on any atom is -0.493 e. The summed E-state index contributed by atoms with van der Waals surface area (Å²) in [7, 11) is 1.48. The van der Waals surface area contributed by atoms with Gasteiger partial charge in [0.25, 0.3) is 5.56 Å². The van der Waals surface area contributed by atoms with E-state index in [1.165, 1.54) is 25.5 Å². The number of hydrogen-bond donors (Lipinski definition) is 0. The Morgan fingerprint density at radius 1 is 1.14 bits per heavy atom. The lowest BCUT2D eigenvalue weighted by molar-refractivity contribution is -0.137. The Bertz CT molecular complexity index is 1530. The number of para-hydroxylation sites is 1. The average molecular weight is 558 g/mol. The van der Waals surface area contributed by atoms with Gasteiger partial charge >= 0.3 is 6.18 Å². The number of methoxy groups -OCH3 is 1. The van der Waals surface area contributed by atoms with E-state index in [1.54, 1.807) is 42.5 Å². The first kappa shape index (κ1) is 25.2. The molecule has 0 N–H and O–H groups in total. The summed E-state index contributed by atoms with van der Waals surface area (Å²) >= 11 is 3.43. The van der Waals surface area contributed by atoms with Crippen molar-refractivity contribution in [2.45, 2.75) is 6.18 Å². The quantitative estimate of drug-likeness (QED) is 0.197. The summed E-state index contributed by atoms with van der Waals surface area (Å²) in [4.78, 5) is 17.8. The SMILES string of the molecule is C=CCOc1c(Br)cc(C=Nn2c(-c3cccc(C(F)(F)F)c3)nc3ccccc3c2=O)cc1OC. The van der Waals surface area contributed by atoms with Crippen LogP contribution in [-0.2, 0) is 6.18 Å². The summed E-state index contributed by atoms with van der Waals surface area (Å²) in [6.07, 6.45) is -1.57. The van der Waals surface area contributed by atoms with Gasteiger partial charge in [-0.25, -0.2) is 4.98 Å². The van der Waals surface area contributed by atoms with Crippen LogP contribution in [0, 0.1) is 0 Å². The third-order valence-electron chi connectivity index (χ3n) is 5.12. The molecule has 1 heterocycles. The van der Waals surface area contributed by atoms with Gasteiger partial charge in [-0.05, 0) is 57.9 Å². The fourth-order valence-electron chi connectivity index (χ4n) is 3.47. The molecule has 0 amide bonds. The zero-order chi connectivity index (χ0) is 25.9. The molecule has 184 valence electrons. The lowest BCUT2D eigenvalue weighted by atomic mass is 10.1. The number of rotatable bonds is 7. The Kier molecular flexibility index (Phi) is 7.25. The van der Waals surface area contributed by atoms with E-state index in [-0.39, 0.29) is 23.4 Å². The smallest absolute Gasteiger partial charge is 0.416 e. The molecule has 0 radical (unpaired) electrons. The average Bonchev–Trinajstić information content (AvgIpc) is 2.86. The van der Waals surface area contributed by atoms with E-state index in [2.05, 4.69) is 32.6 Å². The molecule has 0 aliphatic heterocycles. The highest BCUT2D eigenvalue weighted by molar-refractivity contribution is 9.10. The molecule has 4 rings (SSSR count). The molecule has 0 aliphatic carbocycles. The maximum absolute atomic E-state index is 13.4. The molecule has 36 heavy (non-hydrogen) atoms. The second-order valence-corrected chi connectivity index (χ2v) is 8.38. The van der Waals surface area contributed by atoms with Crippen molar-refractivity contribution in [3.8, 4) is 22.9 Å². The van der Waals surface area contributed by atoms with Crippen molar-refractivity contribution < 1.29 is 22.6 Å². The minimum absolute atomic E-state index is 0.0296. The largest absolute Gasteiger partial charge is 0.493 e. The summed E-state index contributed by atoms with van der Waals surface area (Å²) in [6, 6.07) is 14.5. The molecular formula is C26H19BrF3N3O3. The Labute approximate surface area is 212 Å². The number of hydrogen-bond acceptors (Lipinski definition) is 5. The number of halogens is 4. The monoisotopic (exact) mass is 557 g/mol. The van der Waals surface area contributed by atoms with Crippen molar-refractivity contribution in [3.63, 3.8) is 0 Å². The number of fused-ring (bicyclic) bond motifs is 1. The molecule has 10 heteroatoms. The van der Waals surface area contributed by atoms with Crippen molar-refractivity contribution in [3.05, 3.63) is 99.3 Å². The van der Waals surface area contributed by atoms with Crippen molar-refractivity contribution in [2.24, 2.45) is 5.10 Å². The molecule has 0 fully saturated rings. The van der Waals surface area contributed by atoms with Crippen LogP contribution in [0.4, 0.5) is 13.2 Å². The van der Waals surface area contributed by atoms with Crippen LogP contribution in [0.5, 0.6) is 11.5 Å². The highest BCUT2D eigenvalue weighted by Crippen LogP contribution is 2.36. The summed E-state index contributed by atoms with van der Waals surface area (Å²) in [5.74, 6) is 0.844. The van der Waals surface area contributed by atoms with E-state index in [1.807, 2.05) is 0 Å². The van der Waals surface area contributed by atoms with E-state index < -0.39 is 17.3 Å². The summed E-state index contributed by atoms with van der Waals surface area (Å²) < 4.78 is 52.6. The minimum atomic E-state index is -4.56. The van der Waals surface area contributed by atoms with Gasteiger partial charge in [-0.3, -0.25) is 4.79 Å². The maximum atomic E-state index is 13.4. The fourth-order valence-corrected chi connectivity index (χ4v) is 4.05. The summed E-state index contributed by atoms with van der Waals surface area (Å²) in [6.45, 7) is 3.89. The number of aromatic nitrogens is 2. The molecule has 0 bridgehead atoms. The second-order valence-electron chi connectivity index (χ2n) is 7.53. The number of ether oxygens (including phenoxy) is 2. The van der Waals surface area contributed by atoms with Crippen LogP contribution in [0.25, 0.3) is 22.3 Å². The van der Waals surface area contributed by atoms with E-state index in [4.69, 9.17) is 9.47 Å². The van der Waals surface area contributed by atoms with Gasteiger partial charge in [0.1, 0.15) is 6.61 Å². The van der Waals surface area contributed by atoms with Crippen LogP contribution in [0.3, 0.4) is 0 Å². The predicted octanol–water partition coefficient (Wildman–Crippen LogP) is 6.30. The van der Waals surface area contributed by atoms with Gasteiger partial charge in [-0.15, -0.1) is 0 Å². The molecular weight excluding hydrogens is 539 g/mol. The molecule has 4 aromatic rings. The lowest BCUT2D eigenvalue weighted by Crippen LogP contribution is -2.20. The van der Waals surface area contributed by atoms with Crippen molar-refractivity contribution in [1.82, 2.24) is 9.66 Å². The first-order chi connectivity index (χ1) is 17.2. The van der Waals surface area contributed by atoms with Gasteiger partial charge in [0.05, 0.1) is 34.3 Å². The lowest BCUT2D eigenvalue weighted by Gasteiger charge is -2.13. The zero-order valence-electron chi connectivity index (χ0n) is 18.9. The molecule has 0 spiro atoms. The van der Waals surface area contributed by atoms with Crippen LogP contribution >= 0.6 is 15.9 Å². The summed E-state index contributed by atoms with van der Waals surface area (Å²) in [5, 5.41) is 4.58. The molecule has 1 aromatic heterocycles. The topological polar surface area (TPSA) is 65.7 Å². The normalized spacial score (nSPS) is 11.7. The highest BCUT2D eigenvalue weighted by atomic mass is 79.9. The van der Waals surface area contributed by atoms with Crippen molar-refractivity contribution in [2.75, 3.05) is 13.7 Å². The Balaban J connectivity index is 1.87. The van der Waals surface area contributed by atoms with Crippen LogP contribution < -0.4 is 15.0 Å². The van der Waals surface area contributed by atoms with E-state index in [0.717, 1.165) is 16.8 Å². The molecule has 3 aromatic carbocycles. The van der Waals surface area contributed by atoms with Crippen LogP contribution in [0.15, 0.2) is 87.7 Å². The van der Waals surface area contributed by atoms with E-state index in [9.17, 15) is 18.0 Å². The Morgan fingerprint density at radius 2 is 1.92 bits per heavy atom. The molecule has 0 saturated carbocycles. The van der Waals surface area contributed by atoms with Gasteiger partial charge in [0, 0.05) is 5.56 Å². The zero-order valence-corrected chi connectivity index (χ0v) is 20.5. The van der Waals surface area contributed by atoms with Crippen molar-refractivity contribution >= 4 is 33.0 Å². The molecule has 0 saturated heterocycles. The summed E-state index contributed by atoms with van der Waals surface area (Å²) in [5.41, 5.74) is -0.408. The fraction of sp³-hybridized carbons (Fsp3) is 0.115. The van der Waals surface area contributed by atoms with E-state index >= 15 is 0 Å². The van der Waals surface area contributed by atoms with Crippen LogP contribution in [0.1, 0.15) is 11.1 Å². The number of benzene rings is 3. The molecule has 6 nitrogen and oxygen atoms in total. The highest BCUT2D eigenvalue weighted by Gasteiger charge is 2.31. The van der Waals surface area contributed by atoms with Crippen LogP contribution in [0.2, 0.25) is 0 Å².